The Morgan fingerprint density at radius 3 is 3.00 bits per heavy atom. The molecule has 1 aromatic heterocycles. The highest BCUT2D eigenvalue weighted by atomic mass is 127. The van der Waals surface area contributed by atoms with Crippen LogP contribution in [0.4, 0.5) is 0 Å². The monoisotopic (exact) mass is 324 g/mol. The summed E-state index contributed by atoms with van der Waals surface area (Å²) in [5.41, 5.74) is -0.0456. The zero-order valence-electron chi connectivity index (χ0n) is 8.44. The molecule has 0 saturated carbocycles. The molecule has 0 atom stereocenters. The standard InChI is InChI=1S/C9H13IN2O3/c1-7-11-6-8(10)9(14)12(7)2-4-15-5-3-13/h6,13H,2-5H2,1H3. The summed E-state index contributed by atoms with van der Waals surface area (Å²) in [7, 11) is 0. The molecule has 1 heterocycles. The average Bonchev–Trinajstić information content (AvgIpc) is 2.23. The van der Waals surface area contributed by atoms with Crippen molar-refractivity contribution in [3.8, 4) is 0 Å². The van der Waals surface area contributed by atoms with Gasteiger partial charge in [0, 0.05) is 6.20 Å². The van der Waals surface area contributed by atoms with Crippen LogP contribution in [0.25, 0.3) is 0 Å². The molecular weight excluding hydrogens is 311 g/mol. The summed E-state index contributed by atoms with van der Waals surface area (Å²) in [5.74, 6) is 0.674. The van der Waals surface area contributed by atoms with Crippen molar-refractivity contribution in [1.29, 1.82) is 0 Å². The van der Waals surface area contributed by atoms with Crippen molar-refractivity contribution in [3.05, 3.63) is 25.9 Å². The second-order valence-corrected chi connectivity index (χ2v) is 4.11. The lowest BCUT2D eigenvalue weighted by Gasteiger charge is -2.09. The molecule has 6 heteroatoms. The van der Waals surface area contributed by atoms with Crippen molar-refractivity contribution in [2.75, 3.05) is 19.8 Å². The molecule has 0 unspecified atom stereocenters. The minimum absolute atomic E-state index is 0.00153. The quantitative estimate of drug-likeness (QED) is 0.619. The van der Waals surface area contributed by atoms with E-state index in [1.807, 2.05) is 22.6 Å². The second kappa shape index (κ2) is 6.19. The Balaban J connectivity index is 2.68. The maximum atomic E-state index is 11.7. The molecule has 0 aliphatic heterocycles. The van der Waals surface area contributed by atoms with Crippen LogP contribution in [0.15, 0.2) is 11.0 Å². The third-order valence-corrected chi connectivity index (χ3v) is 2.64. The van der Waals surface area contributed by atoms with Gasteiger partial charge in [0.15, 0.2) is 0 Å². The summed E-state index contributed by atoms with van der Waals surface area (Å²) in [4.78, 5) is 15.8. The first-order valence-electron chi connectivity index (χ1n) is 4.57. The van der Waals surface area contributed by atoms with Crippen molar-refractivity contribution in [1.82, 2.24) is 9.55 Å². The van der Waals surface area contributed by atoms with Gasteiger partial charge in [-0.3, -0.25) is 9.36 Å². The van der Waals surface area contributed by atoms with Gasteiger partial charge in [-0.1, -0.05) is 0 Å². The molecule has 15 heavy (non-hydrogen) atoms. The Morgan fingerprint density at radius 2 is 2.33 bits per heavy atom. The van der Waals surface area contributed by atoms with Crippen molar-refractivity contribution >= 4 is 22.6 Å². The summed E-state index contributed by atoms with van der Waals surface area (Å²) < 4.78 is 7.26. The summed E-state index contributed by atoms with van der Waals surface area (Å²) in [5, 5.41) is 8.51. The zero-order valence-corrected chi connectivity index (χ0v) is 10.6. The molecular formula is C9H13IN2O3. The van der Waals surface area contributed by atoms with Crippen LogP contribution in [0.3, 0.4) is 0 Å². The van der Waals surface area contributed by atoms with E-state index in [0.29, 0.717) is 29.2 Å². The second-order valence-electron chi connectivity index (χ2n) is 2.95. The molecule has 0 radical (unpaired) electrons. The predicted molar refractivity (Wildman–Crippen MR) is 63.9 cm³/mol. The molecule has 0 saturated heterocycles. The number of ether oxygens (including phenoxy) is 1. The summed E-state index contributed by atoms with van der Waals surface area (Å²) in [6.07, 6.45) is 1.56. The highest BCUT2D eigenvalue weighted by Crippen LogP contribution is 1.97. The maximum absolute atomic E-state index is 11.7. The minimum Gasteiger partial charge on any atom is -0.394 e. The first-order valence-corrected chi connectivity index (χ1v) is 5.65. The number of aliphatic hydroxyl groups excluding tert-OH is 1. The van der Waals surface area contributed by atoms with Crippen LogP contribution < -0.4 is 5.56 Å². The van der Waals surface area contributed by atoms with Crippen LogP contribution in [0.5, 0.6) is 0 Å². The fourth-order valence-corrected chi connectivity index (χ4v) is 1.57. The van der Waals surface area contributed by atoms with Crippen molar-refractivity contribution in [3.63, 3.8) is 0 Å². The van der Waals surface area contributed by atoms with Crippen LogP contribution >= 0.6 is 22.6 Å². The molecule has 0 amide bonds. The molecule has 0 bridgehead atoms. The van der Waals surface area contributed by atoms with Gasteiger partial charge in [0.2, 0.25) is 0 Å². The summed E-state index contributed by atoms with van der Waals surface area (Å²) >= 11 is 1.96. The number of halogens is 1. The fourth-order valence-electron chi connectivity index (χ4n) is 1.14. The van der Waals surface area contributed by atoms with Crippen LogP contribution in [0, 0.1) is 10.5 Å². The topological polar surface area (TPSA) is 64.4 Å². The maximum Gasteiger partial charge on any atom is 0.267 e. The Morgan fingerprint density at radius 1 is 1.60 bits per heavy atom. The molecule has 1 rings (SSSR count). The van der Waals surface area contributed by atoms with E-state index in [0.717, 1.165) is 0 Å². The first kappa shape index (κ1) is 12.6. The number of aryl methyl sites for hydroxylation is 1. The molecule has 1 N–H and O–H groups in total. The Hall–Kier alpha value is -0.470. The lowest BCUT2D eigenvalue weighted by atomic mass is 10.5. The van der Waals surface area contributed by atoms with E-state index in [1.54, 1.807) is 17.7 Å². The van der Waals surface area contributed by atoms with Gasteiger partial charge in [0.25, 0.3) is 5.56 Å². The molecule has 0 spiro atoms. The van der Waals surface area contributed by atoms with Crippen molar-refractivity contribution < 1.29 is 9.84 Å². The van der Waals surface area contributed by atoms with Crippen molar-refractivity contribution in [2.45, 2.75) is 13.5 Å². The molecule has 0 aromatic carbocycles. The van der Waals surface area contributed by atoms with Gasteiger partial charge >= 0.3 is 0 Å². The van der Waals surface area contributed by atoms with Crippen LogP contribution in [0.2, 0.25) is 0 Å². The summed E-state index contributed by atoms with van der Waals surface area (Å²) in [6.45, 7) is 2.95. The lowest BCUT2D eigenvalue weighted by molar-refractivity contribution is 0.0860. The zero-order chi connectivity index (χ0) is 11.3. The van der Waals surface area contributed by atoms with Gasteiger partial charge in [0.1, 0.15) is 5.82 Å². The van der Waals surface area contributed by atoms with Gasteiger partial charge < -0.3 is 9.84 Å². The number of hydrogen-bond acceptors (Lipinski definition) is 4. The molecule has 1 aromatic rings. The van der Waals surface area contributed by atoms with Crippen molar-refractivity contribution in [2.24, 2.45) is 0 Å². The number of hydrogen-bond donors (Lipinski definition) is 1. The van der Waals surface area contributed by atoms with E-state index in [4.69, 9.17) is 9.84 Å². The molecule has 0 aliphatic rings. The largest absolute Gasteiger partial charge is 0.394 e. The highest BCUT2D eigenvalue weighted by Gasteiger charge is 2.04. The van der Waals surface area contributed by atoms with Gasteiger partial charge in [-0.15, -0.1) is 0 Å². The number of rotatable bonds is 5. The van der Waals surface area contributed by atoms with E-state index in [1.165, 1.54) is 0 Å². The molecule has 0 fully saturated rings. The SMILES string of the molecule is Cc1ncc(I)c(=O)n1CCOCCO. The van der Waals surface area contributed by atoms with E-state index in [2.05, 4.69) is 4.98 Å². The van der Waals surface area contributed by atoms with Crippen LogP contribution in [-0.2, 0) is 11.3 Å². The molecule has 5 nitrogen and oxygen atoms in total. The molecule has 84 valence electrons. The fraction of sp³-hybridized carbons (Fsp3) is 0.556. The van der Waals surface area contributed by atoms with E-state index < -0.39 is 0 Å². The first-order chi connectivity index (χ1) is 7.16. The number of nitrogens with zero attached hydrogens (tertiary/aromatic N) is 2. The summed E-state index contributed by atoms with van der Waals surface area (Å²) in [6, 6.07) is 0. The number of aromatic nitrogens is 2. The molecule has 0 aliphatic carbocycles. The highest BCUT2D eigenvalue weighted by molar-refractivity contribution is 14.1. The predicted octanol–water partition coefficient (Wildman–Crippen LogP) is 0.165. The van der Waals surface area contributed by atoms with Gasteiger partial charge in [-0.2, -0.15) is 0 Å². The lowest BCUT2D eigenvalue weighted by Crippen LogP contribution is -2.27. The minimum atomic E-state index is -0.0456. The third-order valence-electron chi connectivity index (χ3n) is 1.90. The van der Waals surface area contributed by atoms with Gasteiger partial charge in [0.05, 0.1) is 29.9 Å². The third kappa shape index (κ3) is 3.54. The van der Waals surface area contributed by atoms with Gasteiger partial charge in [-0.05, 0) is 29.5 Å². The van der Waals surface area contributed by atoms with Crippen LogP contribution in [0.1, 0.15) is 5.82 Å². The Labute approximate surface area is 101 Å². The van der Waals surface area contributed by atoms with Gasteiger partial charge in [-0.25, -0.2) is 4.98 Å². The smallest absolute Gasteiger partial charge is 0.267 e. The van der Waals surface area contributed by atoms with E-state index in [9.17, 15) is 4.79 Å². The Kier molecular flexibility index (Phi) is 5.20. The Bertz CT molecular complexity index is 378. The van der Waals surface area contributed by atoms with Crippen LogP contribution in [-0.4, -0.2) is 34.5 Å². The van der Waals surface area contributed by atoms with E-state index in [-0.39, 0.29) is 12.2 Å². The normalized spacial score (nSPS) is 10.6. The van der Waals surface area contributed by atoms with E-state index >= 15 is 0 Å². The number of aliphatic hydroxyl groups is 1. The average molecular weight is 324 g/mol.